The lowest BCUT2D eigenvalue weighted by Gasteiger charge is -2.09. The van der Waals surface area contributed by atoms with Gasteiger partial charge >= 0.3 is 0 Å². The van der Waals surface area contributed by atoms with E-state index < -0.39 is 0 Å². The molecule has 102 valence electrons. The molecular formula is C15H15N3O2. The highest BCUT2D eigenvalue weighted by Crippen LogP contribution is 2.26. The first kappa shape index (κ1) is 13.8. The summed E-state index contributed by atoms with van der Waals surface area (Å²) in [5, 5.41) is 17.1. The third-order valence-corrected chi connectivity index (χ3v) is 2.88. The molecule has 1 aromatic heterocycles. The van der Waals surface area contributed by atoms with Gasteiger partial charge in [-0.05, 0) is 50.6 Å². The highest BCUT2D eigenvalue weighted by molar-refractivity contribution is 5.46. The van der Waals surface area contributed by atoms with Gasteiger partial charge in [0.05, 0.1) is 12.3 Å². The molecule has 1 heterocycles. The van der Waals surface area contributed by atoms with Gasteiger partial charge in [-0.3, -0.25) is 0 Å². The van der Waals surface area contributed by atoms with Crippen molar-refractivity contribution in [2.45, 2.75) is 20.8 Å². The minimum Gasteiger partial charge on any atom is -0.494 e. The standard InChI is InChI=1S/C15H15N3O2/c1-4-19-12-5-7-13(8-6-12)20-15-14(9-16)10(2)11(3)17-18-15/h5-8H,4H2,1-3H3. The molecule has 5 heteroatoms. The van der Waals surface area contributed by atoms with Crippen molar-refractivity contribution < 1.29 is 9.47 Å². The number of rotatable bonds is 4. The summed E-state index contributed by atoms with van der Waals surface area (Å²) in [6, 6.07) is 9.25. The van der Waals surface area contributed by atoms with Crippen LogP contribution in [0.25, 0.3) is 0 Å². The quantitative estimate of drug-likeness (QED) is 0.852. The van der Waals surface area contributed by atoms with Crippen molar-refractivity contribution in [1.29, 1.82) is 5.26 Å². The Morgan fingerprint density at radius 2 is 1.75 bits per heavy atom. The van der Waals surface area contributed by atoms with Gasteiger partial charge in [0.25, 0.3) is 5.88 Å². The summed E-state index contributed by atoms with van der Waals surface area (Å²) in [7, 11) is 0. The van der Waals surface area contributed by atoms with Crippen LogP contribution in [0.5, 0.6) is 17.4 Å². The maximum absolute atomic E-state index is 9.20. The first-order valence-electron chi connectivity index (χ1n) is 6.30. The maximum atomic E-state index is 9.20. The minimum absolute atomic E-state index is 0.222. The second kappa shape index (κ2) is 6.02. The van der Waals surface area contributed by atoms with E-state index in [2.05, 4.69) is 16.3 Å². The first-order valence-corrected chi connectivity index (χ1v) is 6.30. The number of aryl methyl sites for hydroxylation is 1. The number of benzene rings is 1. The molecule has 0 saturated carbocycles. The van der Waals surface area contributed by atoms with Crippen LogP contribution in [-0.2, 0) is 0 Å². The van der Waals surface area contributed by atoms with E-state index in [9.17, 15) is 5.26 Å². The molecular weight excluding hydrogens is 254 g/mol. The Kier molecular flexibility index (Phi) is 4.16. The summed E-state index contributed by atoms with van der Waals surface area (Å²) in [6.45, 7) is 6.17. The second-order valence-corrected chi connectivity index (χ2v) is 4.21. The van der Waals surface area contributed by atoms with Crippen LogP contribution in [0.4, 0.5) is 0 Å². The average Bonchev–Trinajstić information content (AvgIpc) is 2.46. The fourth-order valence-corrected chi connectivity index (χ4v) is 1.67. The predicted molar refractivity (Wildman–Crippen MR) is 73.9 cm³/mol. The van der Waals surface area contributed by atoms with Crippen LogP contribution < -0.4 is 9.47 Å². The summed E-state index contributed by atoms with van der Waals surface area (Å²) in [5.74, 6) is 1.58. The van der Waals surface area contributed by atoms with Crippen molar-refractivity contribution in [2.75, 3.05) is 6.61 Å². The summed E-state index contributed by atoms with van der Waals surface area (Å²) in [5.41, 5.74) is 1.91. The molecule has 0 N–H and O–H groups in total. The maximum Gasteiger partial charge on any atom is 0.257 e. The van der Waals surface area contributed by atoms with Crippen LogP contribution in [-0.4, -0.2) is 16.8 Å². The Hall–Kier alpha value is -2.61. The monoisotopic (exact) mass is 269 g/mol. The predicted octanol–water partition coefficient (Wildman–Crippen LogP) is 3.16. The van der Waals surface area contributed by atoms with Gasteiger partial charge in [0, 0.05) is 0 Å². The van der Waals surface area contributed by atoms with E-state index in [0.717, 1.165) is 17.0 Å². The molecule has 1 aromatic carbocycles. The van der Waals surface area contributed by atoms with Gasteiger partial charge in [-0.2, -0.15) is 10.4 Å². The lowest BCUT2D eigenvalue weighted by atomic mass is 10.1. The molecule has 0 aliphatic heterocycles. The highest BCUT2D eigenvalue weighted by atomic mass is 16.5. The number of ether oxygens (including phenoxy) is 2. The molecule has 20 heavy (non-hydrogen) atoms. The molecule has 0 bridgehead atoms. The van der Waals surface area contributed by atoms with Gasteiger partial charge in [0.15, 0.2) is 0 Å². The average molecular weight is 269 g/mol. The normalized spacial score (nSPS) is 9.90. The Morgan fingerprint density at radius 1 is 1.10 bits per heavy atom. The number of hydrogen-bond acceptors (Lipinski definition) is 5. The summed E-state index contributed by atoms with van der Waals surface area (Å²) in [4.78, 5) is 0. The van der Waals surface area contributed by atoms with E-state index in [1.54, 1.807) is 24.3 Å². The molecule has 0 aliphatic carbocycles. The molecule has 0 unspecified atom stereocenters. The molecule has 0 spiro atoms. The molecule has 2 rings (SSSR count). The van der Waals surface area contributed by atoms with Gasteiger partial charge in [-0.15, -0.1) is 5.10 Å². The SMILES string of the molecule is CCOc1ccc(Oc2nnc(C)c(C)c2C#N)cc1. The van der Waals surface area contributed by atoms with E-state index >= 15 is 0 Å². The number of nitriles is 1. The molecule has 0 radical (unpaired) electrons. The van der Waals surface area contributed by atoms with E-state index in [1.807, 2.05) is 20.8 Å². The van der Waals surface area contributed by atoms with Crippen LogP contribution in [0.2, 0.25) is 0 Å². The Balaban J connectivity index is 2.26. The van der Waals surface area contributed by atoms with Crippen molar-refractivity contribution in [2.24, 2.45) is 0 Å². The fraction of sp³-hybridized carbons (Fsp3) is 0.267. The van der Waals surface area contributed by atoms with Gasteiger partial charge in [-0.1, -0.05) is 0 Å². The van der Waals surface area contributed by atoms with Crippen molar-refractivity contribution in [3.8, 4) is 23.4 Å². The van der Waals surface area contributed by atoms with Crippen LogP contribution in [0.1, 0.15) is 23.7 Å². The Bertz CT molecular complexity index is 645. The smallest absolute Gasteiger partial charge is 0.257 e. The van der Waals surface area contributed by atoms with E-state index in [0.29, 0.717) is 17.9 Å². The Morgan fingerprint density at radius 3 is 2.35 bits per heavy atom. The largest absolute Gasteiger partial charge is 0.494 e. The molecule has 0 amide bonds. The number of aromatic nitrogens is 2. The molecule has 0 fully saturated rings. The zero-order chi connectivity index (χ0) is 14.5. The van der Waals surface area contributed by atoms with Gasteiger partial charge in [0.2, 0.25) is 0 Å². The fourth-order valence-electron chi connectivity index (χ4n) is 1.67. The Labute approximate surface area is 117 Å². The van der Waals surface area contributed by atoms with Crippen molar-refractivity contribution in [3.05, 3.63) is 41.1 Å². The summed E-state index contributed by atoms with van der Waals surface area (Å²) < 4.78 is 11.0. The lowest BCUT2D eigenvalue weighted by molar-refractivity contribution is 0.339. The summed E-state index contributed by atoms with van der Waals surface area (Å²) in [6.07, 6.45) is 0. The third kappa shape index (κ3) is 2.86. The van der Waals surface area contributed by atoms with Crippen LogP contribution in [0.3, 0.4) is 0 Å². The molecule has 5 nitrogen and oxygen atoms in total. The van der Waals surface area contributed by atoms with Gasteiger partial charge in [0.1, 0.15) is 23.1 Å². The molecule has 0 atom stereocenters. The topological polar surface area (TPSA) is 68.0 Å². The zero-order valence-corrected chi connectivity index (χ0v) is 11.7. The van der Waals surface area contributed by atoms with Gasteiger partial charge < -0.3 is 9.47 Å². The third-order valence-electron chi connectivity index (χ3n) is 2.88. The minimum atomic E-state index is 0.222. The number of nitrogens with zero attached hydrogens (tertiary/aromatic N) is 3. The lowest BCUT2D eigenvalue weighted by Crippen LogP contribution is -2.00. The molecule has 0 aliphatic rings. The van der Waals surface area contributed by atoms with E-state index in [-0.39, 0.29) is 5.88 Å². The van der Waals surface area contributed by atoms with Crippen LogP contribution >= 0.6 is 0 Å². The van der Waals surface area contributed by atoms with E-state index in [4.69, 9.17) is 9.47 Å². The summed E-state index contributed by atoms with van der Waals surface area (Å²) >= 11 is 0. The molecule has 0 saturated heterocycles. The van der Waals surface area contributed by atoms with Crippen LogP contribution in [0.15, 0.2) is 24.3 Å². The van der Waals surface area contributed by atoms with E-state index in [1.165, 1.54) is 0 Å². The molecule has 2 aromatic rings. The second-order valence-electron chi connectivity index (χ2n) is 4.21. The first-order chi connectivity index (χ1) is 9.65. The van der Waals surface area contributed by atoms with Crippen molar-refractivity contribution >= 4 is 0 Å². The van der Waals surface area contributed by atoms with Crippen molar-refractivity contribution in [3.63, 3.8) is 0 Å². The van der Waals surface area contributed by atoms with Gasteiger partial charge in [-0.25, -0.2) is 0 Å². The van der Waals surface area contributed by atoms with Crippen LogP contribution in [0, 0.1) is 25.2 Å². The van der Waals surface area contributed by atoms with Crippen molar-refractivity contribution in [1.82, 2.24) is 10.2 Å². The number of hydrogen-bond donors (Lipinski definition) is 0. The zero-order valence-electron chi connectivity index (χ0n) is 11.7. The highest BCUT2D eigenvalue weighted by Gasteiger charge is 2.12.